The van der Waals surface area contributed by atoms with E-state index in [0.717, 1.165) is 38.5 Å². The van der Waals surface area contributed by atoms with E-state index in [0.29, 0.717) is 6.42 Å². The van der Waals surface area contributed by atoms with Crippen molar-refractivity contribution in [1.29, 1.82) is 0 Å². The van der Waals surface area contributed by atoms with Crippen LogP contribution in [0, 0.1) is 35.1 Å². The fourth-order valence-corrected chi connectivity index (χ4v) is 4.86. The Morgan fingerprint density at radius 2 is 1.15 bits per heavy atom. The van der Waals surface area contributed by atoms with Crippen molar-refractivity contribution in [3.05, 3.63) is 124 Å². The van der Waals surface area contributed by atoms with Gasteiger partial charge >= 0.3 is 18.3 Å². The van der Waals surface area contributed by atoms with Gasteiger partial charge in [0.1, 0.15) is 17.1 Å². The number of benzene rings is 4. The number of hydrogen-bond acceptors (Lipinski definition) is 5. The average Bonchev–Trinajstić information content (AvgIpc) is 3.15. The fourth-order valence-electron chi connectivity index (χ4n) is 4.86. The summed E-state index contributed by atoms with van der Waals surface area (Å²) in [6, 6.07) is 15.6. The lowest BCUT2D eigenvalue weighted by Crippen LogP contribution is -2.33. The average molecular weight is 747 g/mol. The highest BCUT2D eigenvalue weighted by Gasteiger charge is 2.41. The Bertz CT molecular complexity index is 1890. The quantitative estimate of drug-likeness (QED) is 0.0205. The molecule has 4 rings (SSSR count). The largest absolute Gasteiger partial charge is 0.487 e. The van der Waals surface area contributed by atoms with E-state index in [1.54, 1.807) is 0 Å². The van der Waals surface area contributed by atoms with E-state index >= 15 is 0 Å². The number of esters is 1. The van der Waals surface area contributed by atoms with E-state index in [1.165, 1.54) is 72.8 Å². The van der Waals surface area contributed by atoms with Crippen LogP contribution in [0.1, 0.15) is 89.3 Å². The van der Waals surface area contributed by atoms with Gasteiger partial charge in [-0.1, -0.05) is 57.3 Å². The third-order valence-electron chi connectivity index (χ3n) is 7.86. The molecule has 0 spiro atoms. The smallest absolute Gasteiger partial charge is 0.343 e. The molecule has 0 amide bonds. The van der Waals surface area contributed by atoms with Crippen molar-refractivity contribution in [2.45, 2.75) is 64.2 Å². The number of halogens is 8. The Morgan fingerprint density at radius 1 is 0.642 bits per heavy atom. The van der Waals surface area contributed by atoms with Gasteiger partial charge in [-0.25, -0.2) is 22.4 Å². The third-order valence-corrected chi connectivity index (χ3v) is 7.86. The summed E-state index contributed by atoms with van der Waals surface area (Å²) < 4.78 is 124. The molecule has 280 valence electrons. The van der Waals surface area contributed by atoms with Crippen LogP contribution in [0.2, 0.25) is 0 Å². The molecular weight excluding hydrogens is 712 g/mol. The maximum atomic E-state index is 14.7. The lowest BCUT2D eigenvalue weighted by molar-refractivity contribution is -0.148. The van der Waals surface area contributed by atoms with Gasteiger partial charge in [-0.15, -0.1) is 0 Å². The number of unbranched alkanes of at least 4 members (excludes halogenated alkanes) is 6. The van der Waals surface area contributed by atoms with Gasteiger partial charge in [0, 0.05) is 16.7 Å². The van der Waals surface area contributed by atoms with Crippen molar-refractivity contribution >= 4 is 11.8 Å². The molecule has 0 aliphatic rings. The molecule has 0 aromatic heterocycles. The topological polar surface area (TPSA) is 61.8 Å². The lowest BCUT2D eigenvalue weighted by atomic mass is 10.0. The molecule has 4 aromatic rings. The lowest BCUT2D eigenvalue weighted by Gasteiger charge is -2.16. The van der Waals surface area contributed by atoms with Crippen molar-refractivity contribution in [2.24, 2.45) is 0 Å². The summed E-state index contributed by atoms with van der Waals surface area (Å²) in [6.07, 6.45) is 2.58. The monoisotopic (exact) mass is 746 g/mol. The molecule has 0 atom stereocenters. The van der Waals surface area contributed by atoms with Crippen LogP contribution in [0.3, 0.4) is 0 Å². The summed E-state index contributed by atoms with van der Waals surface area (Å²) in [7, 11) is 0. The first-order valence-electron chi connectivity index (χ1n) is 16.7. The molecular formula is C40H34F8O5. The highest BCUT2D eigenvalue weighted by atomic mass is 19.3. The van der Waals surface area contributed by atoms with E-state index in [4.69, 9.17) is 14.2 Å². The van der Waals surface area contributed by atoms with Crippen molar-refractivity contribution in [3.8, 4) is 29.1 Å². The van der Waals surface area contributed by atoms with Gasteiger partial charge in [0.15, 0.2) is 29.8 Å². The van der Waals surface area contributed by atoms with Crippen LogP contribution in [-0.2, 0) is 0 Å². The molecule has 0 radical (unpaired) electrons. The minimum atomic E-state index is -4.33. The second kappa shape index (κ2) is 18.9. The zero-order chi connectivity index (χ0) is 38.5. The summed E-state index contributed by atoms with van der Waals surface area (Å²) in [5, 5.41) is 0. The first kappa shape index (κ1) is 40.4. The zero-order valence-electron chi connectivity index (χ0n) is 28.4. The molecule has 0 heterocycles. The van der Waals surface area contributed by atoms with Crippen molar-refractivity contribution in [1.82, 2.24) is 0 Å². The van der Waals surface area contributed by atoms with Crippen molar-refractivity contribution in [3.63, 3.8) is 0 Å². The predicted molar refractivity (Wildman–Crippen MR) is 180 cm³/mol. The Kier molecular flexibility index (Phi) is 14.4. The van der Waals surface area contributed by atoms with Crippen LogP contribution in [0.4, 0.5) is 35.1 Å². The minimum Gasteiger partial charge on any atom is -0.487 e. The third kappa shape index (κ3) is 11.1. The molecule has 0 aliphatic carbocycles. The number of hydrogen-bond donors (Lipinski definition) is 0. The second-order valence-electron chi connectivity index (χ2n) is 11.9. The summed E-state index contributed by atoms with van der Waals surface area (Å²) >= 11 is 0. The number of alkyl halides is 4. The van der Waals surface area contributed by atoms with E-state index in [-0.39, 0.29) is 40.4 Å². The number of carbonyl (C=O) groups excluding carboxylic acids is 2. The van der Waals surface area contributed by atoms with Gasteiger partial charge in [-0.2, -0.15) is 17.6 Å². The van der Waals surface area contributed by atoms with Crippen LogP contribution < -0.4 is 14.2 Å². The van der Waals surface area contributed by atoms with Gasteiger partial charge in [0.2, 0.25) is 11.6 Å². The van der Waals surface area contributed by atoms with E-state index in [9.17, 15) is 44.7 Å². The Balaban J connectivity index is 1.32. The minimum absolute atomic E-state index is 0.0567. The molecule has 0 saturated heterocycles. The highest BCUT2D eigenvalue weighted by molar-refractivity contribution is 6.09. The van der Waals surface area contributed by atoms with Gasteiger partial charge in [0.25, 0.3) is 0 Å². The van der Waals surface area contributed by atoms with Gasteiger partial charge in [-0.3, -0.25) is 4.79 Å². The van der Waals surface area contributed by atoms with Gasteiger partial charge in [-0.05, 0) is 79.2 Å². The number of ether oxygens (including phenoxy) is 3. The summed E-state index contributed by atoms with van der Waals surface area (Å²) in [4.78, 5) is 25.5. The molecule has 0 N–H and O–H groups in total. The molecule has 0 unspecified atom stereocenters. The standard InChI is InChI=1S/C40H34F8O5/c1-2-3-4-5-6-7-8-23-51-37-34(43)32(41)31(33(42)35(37)44)22-11-25-9-12-28(13-10-25)38(50)53-30-20-16-27(17-21-30)36(49)26-14-18-29(19-15-26)52-24-40(47,48)39(45)46/h9-10,12-21,39H,2-8,23-24H2,1H3. The van der Waals surface area contributed by atoms with Crippen LogP contribution in [-0.4, -0.2) is 37.3 Å². The van der Waals surface area contributed by atoms with Crippen molar-refractivity contribution in [2.75, 3.05) is 13.2 Å². The highest BCUT2D eigenvalue weighted by Crippen LogP contribution is 2.30. The predicted octanol–water partition coefficient (Wildman–Crippen LogP) is 10.5. The molecule has 0 saturated carbocycles. The summed E-state index contributed by atoms with van der Waals surface area (Å²) in [5.74, 6) is -9.05. The van der Waals surface area contributed by atoms with Gasteiger partial charge < -0.3 is 14.2 Å². The van der Waals surface area contributed by atoms with E-state index in [2.05, 4.69) is 18.8 Å². The van der Waals surface area contributed by atoms with Crippen LogP contribution >= 0.6 is 0 Å². The molecule has 4 aromatic carbocycles. The number of rotatable bonds is 17. The molecule has 5 nitrogen and oxygen atoms in total. The first-order valence-corrected chi connectivity index (χ1v) is 16.7. The van der Waals surface area contributed by atoms with Crippen LogP contribution in [0.25, 0.3) is 0 Å². The SMILES string of the molecule is CCCCCCCCCOc1c(F)c(F)c(C#Cc2ccc(C(=O)Oc3ccc(C(=O)c4ccc(OCC(F)(F)C(F)F)cc4)cc3)cc2)c(F)c1F. The summed E-state index contributed by atoms with van der Waals surface area (Å²) in [6.45, 7) is 0.458. The Hall–Kier alpha value is -5.38. The number of carbonyl (C=O) groups is 2. The van der Waals surface area contributed by atoms with Crippen molar-refractivity contribution < 1.29 is 58.9 Å². The Morgan fingerprint density at radius 3 is 1.70 bits per heavy atom. The normalized spacial score (nSPS) is 11.2. The molecule has 0 aliphatic heterocycles. The molecule has 53 heavy (non-hydrogen) atoms. The zero-order valence-corrected chi connectivity index (χ0v) is 28.4. The molecule has 0 fully saturated rings. The summed E-state index contributed by atoms with van der Waals surface area (Å²) in [5.41, 5.74) is -0.569. The first-order chi connectivity index (χ1) is 25.3. The Labute approximate surface area is 300 Å². The molecule has 13 heteroatoms. The second-order valence-corrected chi connectivity index (χ2v) is 11.9. The van der Waals surface area contributed by atoms with E-state index < -0.39 is 65.3 Å². The maximum Gasteiger partial charge on any atom is 0.343 e. The van der Waals surface area contributed by atoms with Crippen LogP contribution in [0.15, 0.2) is 72.8 Å². The van der Waals surface area contributed by atoms with Gasteiger partial charge in [0.05, 0.1) is 12.2 Å². The molecule has 0 bridgehead atoms. The maximum absolute atomic E-state index is 14.7. The van der Waals surface area contributed by atoms with E-state index in [1.807, 2.05) is 0 Å². The number of ketones is 1. The van der Waals surface area contributed by atoms with Crippen LogP contribution in [0.5, 0.6) is 17.2 Å². The fraction of sp³-hybridized carbons (Fsp3) is 0.300.